The standard InChI is InChI=1S/C9H12N4O2/c1-15-8-4-2-3-7(5-8)6-12-13(14)9(10)11/h2-6,14H,1H3,(H3,10,11). The van der Waals surface area contributed by atoms with E-state index in [1.165, 1.54) is 6.21 Å². The molecule has 0 aromatic heterocycles. The van der Waals surface area contributed by atoms with Gasteiger partial charge in [-0.25, -0.2) is 0 Å². The maximum Gasteiger partial charge on any atom is 0.236 e. The number of guanidine groups is 1. The lowest BCUT2D eigenvalue weighted by Crippen LogP contribution is -2.28. The monoisotopic (exact) mass is 208 g/mol. The van der Waals surface area contributed by atoms with Crippen LogP contribution in [0.3, 0.4) is 0 Å². The zero-order valence-electron chi connectivity index (χ0n) is 8.21. The fourth-order valence-electron chi connectivity index (χ4n) is 0.905. The van der Waals surface area contributed by atoms with E-state index in [1.54, 1.807) is 31.4 Å². The first kappa shape index (κ1) is 11.0. The fourth-order valence-corrected chi connectivity index (χ4v) is 0.905. The molecule has 0 saturated carbocycles. The molecule has 0 aliphatic heterocycles. The number of hydrazone groups is 1. The second-order valence-electron chi connectivity index (χ2n) is 2.70. The molecule has 1 rings (SSSR count). The highest BCUT2D eigenvalue weighted by Crippen LogP contribution is 2.10. The number of hydrogen-bond acceptors (Lipinski definition) is 4. The molecule has 0 atom stereocenters. The summed E-state index contributed by atoms with van der Waals surface area (Å²) < 4.78 is 5.00. The predicted octanol–water partition coefficient (Wildman–Crippen LogP) is 0.614. The highest BCUT2D eigenvalue weighted by atomic mass is 16.5. The summed E-state index contributed by atoms with van der Waals surface area (Å²) in [7, 11) is 1.56. The number of nitrogens with two attached hydrogens (primary N) is 1. The van der Waals surface area contributed by atoms with Gasteiger partial charge in [-0.15, -0.1) is 5.17 Å². The molecule has 0 unspecified atom stereocenters. The van der Waals surface area contributed by atoms with Gasteiger partial charge in [0.2, 0.25) is 5.96 Å². The van der Waals surface area contributed by atoms with Crippen LogP contribution in [0.1, 0.15) is 5.56 Å². The zero-order chi connectivity index (χ0) is 11.3. The first-order chi connectivity index (χ1) is 7.13. The van der Waals surface area contributed by atoms with Crippen LogP contribution in [-0.2, 0) is 0 Å². The summed E-state index contributed by atoms with van der Waals surface area (Å²) in [5.74, 6) is 0.139. The van der Waals surface area contributed by atoms with Crippen molar-refractivity contribution in [1.82, 2.24) is 5.17 Å². The molecular weight excluding hydrogens is 196 g/mol. The van der Waals surface area contributed by atoms with Crippen molar-refractivity contribution in [3.63, 3.8) is 0 Å². The Bertz CT molecular complexity index is 378. The average Bonchev–Trinajstić information content (AvgIpc) is 2.26. The molecule has 0 radical (unpaired) electrons. The summed E-state index contributed by atoms with van der Waals surface area (Å²) in [5, 5.41) is 19.6. The van der Waals surface area contributed by atoms with E-state index >= 15 is 0 Å². The van der Waals surface area contributed by atoms with Crippen LogP contribution in [-0.4, -0.2) is 29.7 Å². The lowest BCUT2D eigenvalue weighted by molar-refractivity contribution is -0.0139. The maximum atomic E-state index is 8.97. The van der Waals surface area contributed by atoms with E-state index < -0.39 is 5.96 Å². The Hall–Kier alpha value is -2.08. The van der Waals surface area contributed by atoms with Crippen LogP contribution in [0.25, 0.3) is 0 Å². The van der Waals surface area contributed by atoms with Crippen molar-refractivity contribution < 1.29 is 9.94 Å². The molecule has 6 heteroatoms. The molecule has 80 valence electrons. The molecule has 0 aliphatic rings. The van der Waals surface area contributed by atoms with Crippen LogP contribution in [0.2, 0.25) is 0 Å². The van der Waals surface area contributed by atoms with Crippen LogP contribution in [0.4, 0.5) is 0 Å². The molecule has 0 saturated heterocycles. The molecule has 1 aromatic rings. The Morgan fingerprint density at radius 2 is 2.40 bits per heavy atom. The third-order valence-corrected chi connectivity index (χ3v) is 1.63. The van der Waals surface area contributed by atoms with Crippen molar-refractivity contribution in [3.05, 3.63) is 29.8 Å². The first-order valence-corrected chi connectivity index (χ1v) is 4.14. The normalized spacial score (nSPS) is 10.3. The Morgan fingerprint density at radius 1 is 1.67 bits per heavy atom. The van der Waals surface area contributed by atoms with Crippen molar-refractivity contribution in [2.24, 2.45) is 10.8 Å². The van der Waals surface area contributed by atoms with Gasteiger partial charge in [-0.3, -0.25) is 10.6 Å². The summed E-state index contributed by atoms with van der Waals surface area (Å²) in [5.41, 5.74) is 5.71. The van der Waals surface area contributed by atoms with E-state index in [9.17, 15) is 0 Å². The summed E-state index contributed by atoms with van der Waals surface area (Å²) >= 11 is 0. The van der Waals surface area contributed by atoms with Gasteiger partial charge < -0.3 is 10.5 Å². The van der Waals surface area contributed by atoms with Crippen molar-refractivity contribution in [2.45, 2.75) is 0 Å². The smallest absolute Gasteiger partial charge is 0.236 e. The molecule has 0 bridgehead atoms. The minimum absolute atomic E-state index is 0.277. The molecule has 4 N–H and O–H groups in total. The highest BCUT2D eigenvalue weighted by Gasteiger charge is 1.97. The number of ether oxygens (including phenoxy) is 1. The van der Waals surface area contributed by atoms with Gasteiger partial charge in [0, 0.05) is 0 Å². The first-order valence-electron chi connectivity index (χ1n) is 4.14. The lowest BCUT2D eigenvalue weighted by atomic mass is 10.2. The zero-order valence-corrected chi connectivity index (χ0v) is 8.21. The van der Waals surface area contributed by atoms with E-state index in [0.29, 0.717) is 5.75 Å². The topological polar surface area (TPSA) is 94.9 Å². The van der Waals surface area contributed by atoms with Gasteiger partial charge in [0.05, 0.1) is 13.3 Å². The van der Waals surface area contributed by atoms with Gasteiger partial charge in [0.25, 0.3) is 0 Å². The average molecular weight is 208 g/mol. The van der Waals surface area contributed by atoms with E-state index in [-0.39, 0.29) is 5.17 Å². The maximum absolute atomic E-state index is 8.97. The summed E-state index contributed by atoms with van der Waals surface area (Å²) in [4.78, 5) is 0. The number of hydroxylamine groups is 1. The van der Waals surface area contributed by atoms with Crippen molar-refractivity contribution in [1.29, 1.82) is 5.41 Å². The van der Waals surface area contributed by atoms with Crippen LogP contribution >= 0.6 is 0 Å². The van der Waals surface area contributed by atoms with Crippen LogP contribution in [0, 0.1) is 5.41 Å². The third-order valence-electron chi connectivity index (χ3n) is 1.63. The van der Waals surface area contributed by atoms with Gasteiger partial charge in [0.1, 0.15) is 5.75 Å². The van der Waals surface area contributed by atoms with E-state index in [2.05, 4.69) is 5.10 Å². The second-order valence-corrected chi connectivity index (χ2v) is 2.70. The van der Waals surface area contributed by atoms with Crippen molar-refractivity contribution in [3.8, 4) is 5.75 Å². The summed E-state index contributed by atoms with van der Waals surface area (Å²) in [6.07, 6.45) is 1.36. The van der Waals surface area contributed by atoms with Gasteiger partial charge in [-0.2, -0.15) is 5.10 Å². The molecular formula is C9H12N4O2. The highest BCUT2D eigenvalue weighted by molar-refractivity contribution is 5.82. The summed E-state index contributed by atoms with van der Waals surface area (Å²) in [6, 6.07) is 7.09. The van der Waals surface area contributed by atoms with Crippen molar-refractivity contribution in [2.75, 3.05) is 7.11 Å². The van der Waals surface area contributed by atoms with Gasteiger partial charge in [-0.05, 0) is 17.7 Å². The van der Waals surface area contributed by atoms with Crippen molar-refractivity contribution >= 4 is 12.2 Å². The van der Waals surface area contributed by atoms with E-state index in [1.807, 2.05) is 0 Å². The Labute approximate surface area is 87.0 Å². The quantitative estimate of drug-likeness (QED) is 0.385. The number of nitrogens with zero attached hydrogens (tertiary/aromatic N) is 2. The molecule has 0 heterocycles. The minimum atomic E-state index is -0.547. The van der Waals surface area contributed by atoms with Gasteiger partial charge in [-0.1, -0.05) is 12.1 Å². The molecule has 0 fully saturated rings. The van der Waals surface area contributed by atoms with Crippen LogP contribution < -0.4 is 10.5 Å². The number of hydrogen-bond donors (Lipinski definition) is 3. The lowest BCUT2D eigenvalue weighted by Gasteiger charge is -2.05. The summed E-state index contributed by atoms with van der Waals surface area (Å²) in [6.45, 7) is 0. The largest absolute Gasteiger partial charge is 0.497 e. The molecule has 1 aromatic carbocycles. The SMILES string of the molecule is COc1cccc(C=NN(O)C(=N)N)c1. The molecule has 0 aliphatic carbocycles. The second kappa shape index (κ2) is 4.97. The molecule has 0 spiro atoms. The predicted molar refractivity (Wildman–Crippen MR) is 56.1 cm³/mol. The number of rotatable bonds is 3. The van der Waals surface area contributed by atoms with Crippen LogP contribution in [0.15, 0.2) is 29.4 Å². The van der Waals surface area contributed by atoms with Gasteiger partial charge in [0.15, 0.2) is 0 Å². The number of nitrogens with one attached hydrogen (secondary N) is 1. The molecule has 0 amide bonds. The molecule has 6 nitrogen and oxygen atoms in total. The fraction of sp³-hybridized carbons (Fsp3) is 0.111. The Morgan fingerprint density at radius 3 is 3.00 bits per heavy atom. The Balaban J connectivity index is 2.75. The molecule has 15 heavy (non-hydrogen) atoms. The third kappa shape index (κ3) is 3.28. The number of benzene rings is 1. The van der Waals surface area contributed by atoms with Crippen LogP contribution in [0.5, 0.6) is 5.75 Å². The van der Waals surface area contributed by atoms with E-state index in [0.717, 1.165) is 5.56 Å². The van der Waals surface area contributed by atoms with Gasteiger partial charge >= 0.3 is 0 Å². The van der Waals surface area contributed by atoms with E-state index in [4.69, 9.17) is 21.1 Å². The number of methoxy groups -OCH3 is 1. The Kier molecular flexibility index (Phi) is 3.64. The minimum Gasteiger partial charge on any atom is -0.497 e.